The molecule has 0 atom stereocenters. The molecule has 0 aliphatic carbocycles. The lowest BCUT2D eigenvalue weighted by molar-refractivity contribution is 1.24. The van der Waals surface area contributed by atoms with E-state index in [1.165, 1.54) is 5.71 Å². The zero-order valence-electron chi connectivity index (χ0n) is 6.81. The Morgan fingerprint density at radius 3 is 1.89 bits per heavy atom. The van der Waals surface area contributed by atoms with E-state index < -0.39 is 0 Å². The first-order valence-corrected chi connectivity index (χ1v) is 4.03. The second kappa shape index (κ2) is 10.9. The topological polar surface area (TPSA) is 12.4 Å². The molecule has 0 rings (SSSR count). The zero-order valence-corrected chi connectivity index (χ0v) is 7.70. The van der Waals surface area contributed by atoms with Gasteiger partial charge in [0.15, 0.2) is 0 Å². The van der Waals surface area contributed by atoms with Crippen LogP contribution in [0.3, 0.4) is 0 Å². The number of rotatable bonds is 2. The average molecular weight is 147 g/mol. The zero-order chi connectivity index (χ0) is 7.70. The van der Waals surface area contributed by atoms with Gasteiger partial charge in [-0.25, -0.2) is 0 Å². The summed E-state index contributed by atoms with van der Waals surface area (Å²) in [5.74, 6) is 0.799. The molecule has 0 radical (unpaired) electrons. The minimum atomic E-state index is 0.799. The summed E-state index contributed by atoms with van der Waals surface area (Å²) in [6, 6.07) is 0. The van der Waals surface area contributed by atoms with Gasteiger partial charge in [0.05, 0.1) is 0 Å². The van der Waals surface area contributed by atoms with E-state index >= 15 is 0 Å². The van der Waals surface area contributed by atoms with Crippen molar-refractivity contribution in [3.05, 3.63) is 0 Å². The summed E-state index contributed by atoms with van der Waals surface area (Å²) >= 11 is 4.04. The Bertz CT molecular complexity index is 63.3. The van der Waals surface area contributed by atoms with E-state index in [2.05, 4.69) is 24.5 Å². The van der Waals surface area contributed by atoms with E-state index in [0.717, 1.165) is 12.2 Å². The summed E-state index contributed by atoms with van der Waals surface area (Å²) in [5, 5.41) is 0. The third kappa shape index (κ3) is 8.02. The second-order valence-electron chi connectivity index (χ2n) is 1.30. The van der Waals surface area contributed by atoms with Crippen LogP contribution < -0.4 is 0 Å². The lowest BCUT2D eigenvalue weighted by Crippen LogP contribution is -1.95. The molecule has 0 fully saturated rings. The number of thiol groups is 1. The Labute approximate surface area is 64.0 Å². The molecule has 0 bridgehead atoms. The van der Waals surface area contributed by atoms with Crippen molar-refractivity contribution in [1.82, 2.24) is 0 Å². The van der Waals surface area contributed by atoms with Gasteiger partial charge in [0.1, 0.15) is 0 Å². The van der Waals surface area contributed by atoms with Gasteiger partial charge in [-0.05, 0) is 6.42 Å². The molecule has 9 heavy (non-hydrogen) atoms. The quantitative estimate of drug-likeness (QED) is 0.455. The van der Waals surface area contributed by atoms with Gasteiger partial charge in [-0.3, -0.25) is 4.99 Å². The van der Waals surface area contributed by atoms with Crippen LogP contribution in [0.5, 0.6) is 0 Å². The number of hydrogen-bond acceptors (Lipinski definition) is 2. The van der Waals surface area contributed by atoms with Gasteiger partial charge >= 0.3 is 0 Å². The Hall–Kier alpha value is 0.0200. The van der Waals surface area contributed by atoms with Crippen molar-refractivity contribution >= 4 is 18.3 Å². The minimum absolute atomic E-state index is 0.799. The highest BCUT2D eigenvalue weighted by molar-refractivity contribution is 7.81. The van der Waals surface area contributed by atoms with Crippen LogP contribution in [0.4, 0.5) is 0 Å². The summed E-state index contributed by atoms with van der Waals surface area (Å²) in [7, 11) is 1.80. The highest BCUT2D eigenvalue weighted by Crippen LogP contribution is 1.86. The van der Waals surface area contributed by atoms with Gasteiger partial charge in [0.25, 0.3) is 0 Å². The van der Waals surface area contributed by atoms with Gasteiger partial charge in [-0.1, -0.05) is 20.8 Å². The Balaban J connectivity index is 0. The fourth-order valence-electron chi connectivity index (χ4n) is 0.341. The SMILES string of the molecule is CC.CCC(CS)=NC. The fourth-order valence-corrected chi connectivity index (χ4v) is 0.706. The third-order valence-electron chi connectivity index (χ3n) is 0.907. The molecular weight excluding hydrogens is 130 g/mol. The van der Waals surface area contributed by atoms with Crippen molar-refractivity contribution < 1.29 is 0 Å². The van der Waals surface area contributed by atoms with Crippen molar-refractivity contribution in [3.63, 3.8) is 0 Å². The molecule has 2 heteroatoms. The molecule has 0 unspecified atom stereocenters. The highest BCUT2D eigenvalue weighted by Gasteiger charge is 1.85. The van der Waals surface area contributed by atoms with Crippen LogP contribution in [-0.4, -0.2) is 18.5 Å². The summed E-state index contributed by atoms with van der Waals surface area (Å²) in [5.41, 5.74) is 1.17. The first-order valence-electron chi connectivity index (χ1n) is 3.40. The molecule has 0 amide bonds. The molecule has 0 aliphatic heterocycles. The molecule has 0 heterocycles. The maximum Gasteiger partial charge on any atom is 0.0283 e. The molecule has 0 aliphatic rings. The maximum atomic E-state index is 4.04. The monoisotopic (exact) mass is 147 g/mol. The predicted molar refractivity (Wildman–Crippen MR) is 48.9 cm³/mol. The van der Waals surface area contributed by atoms with E-state index in [9.17, 15) is 0 Å². The Morgan fingerprint density at radius 1 is 1.44 bits per heavy atom. The summed E-state index contributed by atoms with van der Waals surface area (Å²) in [6.45, 7) is 6.08. The Morgan fingerprint density at radius 2 is 1.89 bits per heavy atom. The van der Waals surface area contributed by atoms with Crippen molar-refractivity contribution in [2.24, 2.45) is 4.99 Å². The normalized spacial score (nSPS) is 10.1. The molecule has 0 aromatic carbocycles. The molecule has 0 aromatic heterocycles. The van der Waals surface area contributed by atoms with Crippen LogP contribution >= 0.6 is 12.6 Å². The van der Waals surface area contributed by atoms with Crippen LogP contribution in [0.2, 0.25) is 0 Å². The van der Waals surface area contributed by atoms with Crippen LogP contribution in [0.15, 0.2) is 4.99 Å². The largest absolute Gasteiger partial charge is 0.297 e. The predicted octanol–water partition coefficient (Wildman–Crippen LogP) is 2.42. The van der Waals surface area contributed by atoms with Gasteiger partial charge in [0, 0.05) is 18.5 Å². The van der Waals surface area contributed by atoms with E-state index in [1.54, 1.807) is 7.05 Å². The number of nitrogens with zero attached hydrogens (tertiary/aromatic N) is 1. The summed E-state index contributed by atoms with van der Waals surface area (Å²) in [6.07, 6.45) is 1.03. The number of hydrogen-bond donors (Lipinski definition) is 1. The lowest BCUT2D eigenvalue weighted by atomic mass is 10.3. The second-order valence-corrected chi connectivity index (χ2v) is 1.62. The van der Waals surface area contributed by atoms with Crippen LogP contribution in [0.1, 0.15) is 27.2 Å². The maximum absolute atomic E-state index is 4.04. The van der Waals surface area contributed by atoms with Crippen LogP contribution in [0.25, 0.3) is 0 Å². The smallest absolute Gasteiger partial charge is 0.0283 e. The first kappa shape index (κ1) is 11.8. The molecule has 0 saturated carbocycles. The minimum Gasteiger partial charge on any atom is -0.297 e. The Kier molecular flexibility index (Phi) is 14.3. The molecular formula is C7H17NS. The standard InChI is InChI=1S/C5H11NS.C2H6/c1-3-5(4-7)6-2;1-2/h7H,3-4H2,1-2H3;1-2H3. The van der Waals surface area contributed by atoms with Crippen molar-refractivity contribution in [1.29, 1.82) is 0 Å². The third-order valence-corrected chi connectivity index (χ3v) is 1.27. The molecule has 0 aromatic rings. The first-order chi connectivity index (χ1) is 4.35. The average Bonchev–Trinajstić information content (AvgIpc) is 1.96. The highest BCUT2D eigenvalue weighted by atomic mass is 32.1. The molecule has 0 saturated heterocycles. The fraction of sp³-hybridized carbons (Fsp3) is 0.857. The summed E-state index contributed by atoms with van der Waals surface area (Å²) < 4.78 is 0. The summed E-state index contributed by atoms with van der Waals surface area (Å²) in [4.78, 5) is 3.97. The van der Waals surface area contributed by atoms with E-state index in [-0.39, 0.29) is 0 Å². The molecule has 56 valence electrons. The van der Waals surface area contributed by atoms with Crippen LogP contribution in [-0.2, 0) is 0 Å². The molecule has 0 spiro atoms. The van der Waals surface area contributed by atoms with Gasteiger partial charge < -0.3 is 0 Å². The van der Waals surface area contributed by atoms with E-state index in [4.69, 9.17) is 0 Å². The van der Waals surface area contributed by atoms with Crippen molar-refractivity contribution in [2.75, 3.05) is 12.8 Å². The van der Waals surface area contributed by atoms with Gasteiger partial charge in [-0.15, -0.1) is 0 Å². The van der Waals surface area contributed by atoms with Gasteiger partial charge in [0.2, 0.25) is 0 Å². The van der Waals surface area contributed by atoms with Gasteiger partial charge in [-0.2, -0.15) is 12.6 Å². The lowest BCUT2D eigenvalue weighted by Gasteiger charge is -1.91. The number of aliphatic imine (C=N–C) groups is 1. The molecule has 1 nitrogen and oxygen atoms in total. The van der Waals surface area contributed by atoms with Crippen LogP contribution in [0, 0.1) is 0 Å². The van der Waals surface area contributed by atoms with Crippen molar-refractivity contribution in [3.8, 4) is 0 Å². The van der Waals surface area contributed by atoms with Crippen molar-refractivity contribution in [2.45, 2.75) is 27.2 Å². The van der Waals surface area contributed by atoms with E-state index in [1.807, 2.05) is 13.8 Å². The molecule has 0 N–H and O–H groups in total. The van der Waals surface area contributed by atoms with E-state index in [0.29, 0.717) is 0 Å².